The molecule has 5 atom stereocenters. The summed E-state index contributed by atoms with van der Waals surface area (Å²) in [6, 6.07) is 2.15. The third-order valence-electron chi connectivity index (χ3n) is 13.0. The van der Waals surface area contributed by atoms with E-state index in [2.05, 4.69) is 0 Å². The predicted octanol–water partition coefficient (Wildman–Crippen LogP) is 2.38. The first kappa shape index (κ1) is 49.1. The molecule has 0 aliphatic carbocycles. The van der Waals surface area contributed by atoms with Gasteiger partial charge in [0.15, 0.2) is 93.3 Å². The number of fused-ring (bicyclic) bond motifs is 8. The Balaban J connectivity index is 1.19. The van der Waals surface area contributed by atoms with Gasteiger partial charge in [0.1, 0.15) is 18.3 Å². The number of rotatable bonds is 0. The Kier molecular flexibility index (Phi) is 10.5. The summed E-state index contributed by atoms with van der Waals surface area (Å²) in [4.78, 5) is 85.9. The Labute approximate surface area is 424 Å². The lowest BCUT2D eigenvalue weighted by Gasteiger charge is -2.43. The molecule has 0 radical (unpaired) electrons. The lowest BCUT2D eigenvalue weighted by Crippen LogP contribution is -2.62. The highest BCUT2D eigenvalue weighted by Crippen LogP contribution is 2.57. The lowest BCUT2D eigenvalue weighted by atomic mass is 9.90. The van der Waals surface area contributed by atoms with E-state index in [-0.39, 0.29) is 0 Å². The van der Waals surface area contributed by atoms with Crippen molar-refractivity contribution in [3.8, 4) is 120 Å². The summed E-state index contributed by atoms with van der Waals surface area (Å²) in [5.74, 6) is -30.9. The van der Waals surface area contributed by atoms with Crippen molar-refractivity contribution in [1.29, 1.82) is 0 Å². The predicted molar refractivity (Wildman–Crippen MR) is 245 cm³/mol. The minimum atomic E-state index is -2.67. The van der Waals surface area contributed by atoms with Gasteiger partial charge in [0, 0.05) is 45.2 Å². The van der Waals surface area contributed by atoms with Crippen LogP contribution in [0, 0.1) is 0 Å². The smallest absolute Gasteiger partial charge is 0.345 e. The number of phenols is 15. The summed E-state index contributed by atoms with van der Waals surface area (Å²) in [6.45, 7) is -1.41. The Bertz CT molecular complexity index is 4210. The first-order valence-corrected chi connectivity index (χ1v) is 21.7. The third-order valence-corrected chi connectivity index (χ3v) is 13.0. The molecule has 4 aliphatic heterocycles. The zero-order valence-corrected chi connectivity index (χ0v) is 37.9. The zero-order chi connectivity index (χ0) is 56.1. The first-order chi connectivity index (χ1) is 36.8. The number of benzene rings is 6. The Morgan fingerprint density at radius 3 is 1.37 bits per heavy atom. The maximum atomic E-state index is 15.0. The van der Waals surface area contributed by atoms with Gasteiger partial charge in [0.2, 0.25) is 40.2 Å². The van der Waals surface area contributed by atoms with Crippen molar-refractivity contribution in [3.63, 3.8) is 0 Å². The third kappa shape index (κ3) is 6.76. The van der Waals surface area contributed by atoms with Gasteiger partial charge < -0.3 is 119 Å². The van der Waals surface area contributed by atoms with Crippen molar-refractivity contribution in [1.82, 2.24) is 0 Å². The highest BCUT2D eigenvalue weighted by atomic mass is 16.7. The maximum Gasteiger partial charge on any atom is 0.345 e. The van der Waals surface area contributed by atoms with Crippen LogP contribution < -0.4 is 16.0 Å². The highest BCUT2D eigenvalue weighted by Gasteiger charge is 2.54. The van der Waals surface area contributed by atoms with E-state index in [0.717, 1.165) is 0 Å². The van der Waals surface area contributed by atoms with E-state index in [1.54, 1.807) is 0 Å². The van der Waals surface area contributed by atoms with Crippen LogP contribution in [0.4, 0.5) is 0 Å². The Hall–Kier alpha value is -11.1. The number of ether oxygens (including phenoxy) is 6. The SMILES string of the molecule is O=C1OCC2OC(O)C3OC(=O)c4cc(O)c(O)c(O)c4-c4c(cc(O)c(O)c4O)C(=O)OC3C2OC(=O)c2cc(O)c(O)c(O)c2-c2c(O)c(O)c3oc(=O)c4cc(c(O)c5oc(=O)c2c3c54)Oc2c1cc(O)c(O)c2O. The van der Waals surface area contributed by atoms with Crippen LogP contribution in [-0.4, -0.2) is 143 Å². The molecule has 0 saturated carbocycles. The second kappa shape index (κ2) is 16.7. The molecule has 30 nitrogen and oxygen atoms in total. The number of carbonyl (C=O) groups excluding carboxylic acids is 4. The molecule has 5 unspecified atom stereocenters. The Morgan fingerprint density at radius 2 is 0.833 bits per heavy atom. The van der Waals surface area contributed by atoms with E-state index >= 15 is 0 Å². The molecule has 16 N–H and O–H groups in total. The van der Waals surface area contributed by atoms with Crippen LogP contribution in [0.2, 0.25) is 0 Å². The molecule has 0 amide bonds. The van der Waals surface area contributed by atoms with Crippen LogP contribution in [0.3, 0.4) is 0 Å². The van der Waals surface area contributed by atoms with Gasteiger partial charge in [0.25, 0.3) is 0 Å². The lowest BCUT2D eigenvalue weighted by molar-refractivity contribution is -0.284. The molecule has 30 heteroatoms. The van der Waals surface area contributed by atoms with Crippen molar-refractivity contribution >= 4 is 56.6 Å². The second-order valence-corrected chi connectivity index (χ2v) is 17.3. The largest absolute Gasteiger partial charge is 0.504 e. The highest BCUT2D eigenvalue weighted by molar-refractivity contribution is 6.26. The van der Waals surface area contributed by atoms with Crippen LogP contribution >= 0.6 is 0 Å². The summed E-state index contributed by atoms with van der Waals surface area (Å²) in [5, 5.41) is 173. The first-order valence-electron chi connectivity index (χ1n) is 21.7. The summed E-state index contributed by atoms with van der Waals surface area (Å²) in [5.41, 5.74) is -14.5. The summed E-state index contributed by atoms with van der Waals surface area (Å²) in [6.07, 6.45) is -12.8. The normalized spacial score (nSPS) is 19.3. The molecule has 6 heterocycles. The molecule has 400 valence electrons. The molecule has 8 aromatic rings. The van der Waals surface area contributed by atoms with Gasteiger partial charge in [-0.3, -0.25) is 0 Å². The van der Waals surface area contributed by atoms with Crippen LogP contribution in [0.5, 0.6) is 97.7 Å². The fourth-order valence-corrected chi connectivity index (χ4v) is 9.38. The number of aromatic hydroxyl groups is 15. The summed E-state index contributed by atoms with van der Waals surface area (Å²) >= 11 is 0. The molecule has 1 saturated heterocycles. The van der Waals surface area contributed by atoms with Crippen molar-refractivity contribution < 1.29 is 138 Å². The van der Waals surface area contributed by atoms with Gasteiger partial charge in [-0.25, -0.2) is 28.8 Å². The quantitative estimate of drug-likeness (QED) is 0.0341. The zero-order valence-electron chi connectivity index (χ0n) is 37.9. The van der Waals surface area contributed by atoms with E-state index in [0.29, 0.717) is 30.3 Å². The molecule has 2 aromatic heterocycles. The average molecular weight is 1080 g/mol. The van der Waals surface area contributed by atoms with Gasteiger partial charge in [-0.15, -0.1) is 0 Å². The molecule has 78 heavy (non-hydrogen) atoms. The molecule has 7 bridgehead atoms. The number of aliphatic hydroxyl groups is 1. The number of hydrogen-bond acceptors (Lipinski definition) is 30. The van der Waals surface area contributed by atoms with Gasteiger partial charge in [-0.1, -0.05) is 0 Å². The fourth-order valence-electron chi connectivity index (χ4n) is 9.38. The number of hydrogen-bond donors (Lipinski definition) is 16. The van der Waals surface area contributed by atoms with Crippen molar-refractivity contribution in [2.24, 2.45) is 0 Å². The van der Waals surface area contributed by atoms with Crippen molar-refractivity contribution in [2.75, 3.05) is 6.61 Å². The van der Waals surface area contributed by atoms with Crippen molar-refractivity contribution in [2.45, 2.75) is 30.7 Å². The van der Waals surface area contributed by atoms with E-state index < -0.39 is 247 Å². The number of carbonyl (C=O) groups is 4. The maximum absolute atomic E-state index is 15.0. The number of esters is 4. The van der Waals surface area contributed by atoms with Crippen molar-refractivity contribution in [3.05, 3.63) is 73.4 Å². The van der Waals surface area contributed by atoms with Crippen LogP contribution in [0.1, 0.15) is 41.4 Å². The molecule has 1 fully saturated rings. The summed E-state index contributed by atoms with van der Waals surface area (Å²) in [7, 11) is 0. The molecule has 6 aromatic carbocycles. The molecule has 12 rings (SSSR count). The average Bonchev–Trinajstić information content (AvgIpc) is 2.96. The van der Waals surface area contributed by atoms with Crippen LogP contribution in [-0.2, 0) is 23.7 Å². The molecule has 0 spiro atoms. The fraction of sp³-hybridized carbons (Fsp3) is 0.125. The van der Waals surface area contributed by atoms with Gasteiger partial charge in [0.05, 0.1) is 27.5 Å². The van der Waals surface area contributed by atoms with E-state index in [1.807, 2.05) is 0 Å². The molecule has 4 aliphatic rings. The number of phenolic OH excluding ortho intramolecular Hbond substituents is 15. The van der Waals surface area contributed by atoms with Gasteiger partial charge in [-0.05, 0) is 18.2 Å². The molecular formula is C48H28O30. The van der Waals surface area contributed by atoms with E-state index in [9.17, 15) is 110 Å². The van der Waals surface area contributed by atoms with Gasteiger partial charge in [-0.2, -0.15) is 0 Å². The van der Waals surface area contributed by atoms with Crippen LogP contribution in [0.25, 0.3) is 55.0 Å². The second-order valence-electron chi connectivity index (χ2n) is 17.3. The number of aliphatic hydroxyl groups excluding tert-OH is 1. The van der Waals surface area contributed by atoms with E-state index in [1.165, 1.54) is 0 Å². The van der Waals surface area contributed by atoms with E-state index in [4.69, 9.17) is 37.3 Å². The monoisotopic (exact) mass is 1080 g/mol. The van der Waals surface area contributed by atoms with Crippen LogP contribution in [0.15, 0.2) is 48.8 Å². The van der Waals surface area contributed by atoms with Gasteiger partial charge >= 0.3 is 35.1 Å². The molecular weight excluding hydrogens is 1060 g/mol. The minimum absolute atomic E-state index is 0.316. The standard InChI is InChI=1S/C48H28O30/c49-12-1-7-18(30(58)25(12)53)19-8(2-13(50)26(54)31(19)59)45(67)78-41-40(77-44(7)66)37-17(73-48(41)70)6-71-42(64)11-4-15(52)28(56)34(62)36(11)72-16-5-10-21-23-24(47(69)76-38(21)29(16)57)22(33(61)35(63)39(23)75-46(10)68)20-9(43(65)74-37)3-14(51)27(55)32(20)60/h1-5,17,37,40-41,48-63,70H,6H2. The minimum Gasteiger partial charge on any atom is -0.504 e. The topological polar surface area (TPSA) is 508 Å². The summed E-state index contributed by atoms with van der Waals surface area (Å²) < 4.78 is 44.2. The Morgan fingerprint density at radius 1 is 0.397 bits per heavy atom.